The second-order valence-electron chi connectivity index (χ2n) is 6.57. The normalized spacial score (nSPS) is 12.2. The van der Waals surface area contributed by atoms with Gasteiger partial charge in [-0.25, -0.2) is 0 Å². The lowest BCUT2D eigenvalue weighted by Gasteiger charge is -2.12. The fraction of sp³-hybridized carbons (Fsp3) is 0.0500. The van der Waals surface area contributed by atoms with Crippen LogP contribution in [0, 0.1) is 11.8 Å². The molecule has 0 amide bonds. The molecule has 0 radical (unpaired) electrons. The van der Waals surface area contributed by atoms with Crippen LogP contribution in [0.4, 0.5) is 5.69 Å². The fourth-order valence-corrected chi connectivity index (χ4v) is 5.05. The summed E-state index contributed by atoms with van der Waals surface area (Å²) in [5.41, 5.74) is 1.49. The molecule has 0 saturated heterocycles. The van der Waals surface area contributed by atoms with Crippen LogP contribution in [0.15, 0.2) is 73.8 Å². The number of nitrogens with zero attached hydrogens (tertiary/aromatic N) is 3. The van der Waals surface area contributed by atoms with E-state index in [4.69, 9.17) is 0 Å². The molecule has 2 heterocycles. The Balaban J connectivity index is 1.69. The van der Waals surface area contributed by atoms with Crippen LogP contribution in [0.2, 0.25) is 0 Å². The number of nitroso groups, excluding NO2 is 1. The molecule has 0 saturated carbocycles. The van der Waals surface area contributed by atoms with Crippen LogP contribution in [0.5, 0.6) is 11.8 Å². The van der Waals surface area contributed by atoms with Crippen LogP contribution in [0.3, 0.4) is 0 Å². The number of aromatic nitrogens is 1. The molecule has 0 aliphatic rings. The van der Waals surface area contributed by atoms with Crippen molar-refractivity contribution in [2.75, 3.05) is 5.32 Å². The number of fused-ring (bicyclic) bond motifs is 1. The number of aryl methyl sites for hydroxylation is 1. The number of benzene rings is 2. The molecule has 9 nitrogen and oxygen atoms in total. The molecule has 0 aliphatic carbocycles. The molecule has 0 bridgehead atoms. The van der Waals surface area contributed by atoms with Gasteiger partial charge in [0.15, 0.2) is 0 Å². The number of aromatic hydroxyl groups is 2. The van der Waals surface area contributed by atoms with E-state index in [1.165, 1.54) is 10.6 Å². The molecule has 0 fully saturated rings. The number of nitrogens with one attached hydrogen (secondary N) is 1. The van der Waals surface area contributed by atoms with Crippen LogP contribution < -0.4 is 5.32 Å². The molecule has 0 aliphatic heterocycles. The Morgan fingerprint density at radius 2 is 1.71 bits per heavy atom. The van der Waals surface area contributed by atoms with Gasteiger partial charge in [-0.15, -0.1) is 20.6 Å². The van der Waals surface area contributed by atoms with E-state index in [0.29, 0.717) is 27.7 Å². The number of thiophene rings is 1. The van der Waals surface area contributed by atoms with Crippen molar-refractivity contribution < 1.29 is 18.6 Å². The summed E-state index contributed by atoms with van der Waals surface area (Å²) in [5, 5.41) is 29.0. The van der Waals surface area contributed by atoms with Crippen molar-refractivity contribution in [3.8, 4) is 17.4 Å². The number of rotatable bonds is 4. The summed E-state index contributed by atoms with van der Waals surface area (Å²) < 4.78 is 29.2. The van der Waals surface area contributed by atoms with Crippen LogP contribution in [-0.2, 0) is 10.0 Å². The molecule has 2 aromatic carbocycles. The van der Waals surface area contributed by atoms with Crippen molar-refractivity contribution in [2.24, 2.45) is 9.57 Å². The molecule has 0 spiro atoms. The topological polar surface area (TPSA) is 133 Å². The maximum Gasteiger partial charge on any atom is 0.295 e. The molecule has 4 rings (SSSR count). The van der Waals surface area contributed by atoms with E-state index in [1.807, 2.05) is 0 Å². The molecule has 4 aromatic rings. The minimum atomic E-state index is -4.06. The molecular weight excluding hydrogens is 440 g/mol. The van der Waals surface area contributed by atoms with Gasteiger partial charge in [0.25, 0.3) is 16.0 Å². The third kappa shape index (κ3) is 3.76. The largest absolute Gasteiger partial charge is 0.494 e. The number of hydrogen-bond acceptors (Lipinski definition) is 6. The number of sulfonamides is 1. The first-order chi connectivity index (χ1) is 14.8. The fourth-order valence-electron chi connectivity index (χ4n) is 3.19. The molecule has 11 heteroatoms. The monoisotopic (exact) mass is 456 g/mol. The van der Waals surface area contributed by atoms with E-state index in [9.17, 15) is 23.5 Å². The van der Waals surface area contributed by atoms with E-state index in [0.717, 1.165) is 11.3 Å². The Bertz CT molecular complexity index is 1380. The Morgan fingerprint density at radius 3 is 2.26 bits per heavy atom. The summed E-state index contributed by atoms with van der Waals surface area (Å²) in [4.78, 5) is 11.1. The van der Waals surface area contributed by atoms with Crippen LogP contribution in [0.1, 0.15) is 5.56 Å². The third-order valence-corrected chi connectivity index (χ3v) is 7.21. The van der Waals surface area contributed by atoms with Crippen molar-refractivity contribution in [1.29, 1.82) is 0 Å². The summed E-state index contributed by atoms with van der Waals surface area (Å²) >= 11 is 0.978. The van der Waals surface area contributed by atoms with E-state index in [2.05, 4.69) is 14.9 Å². The van der Waals surface area contributed by atoms with Gasteiger partial charge in [-0.3, -0.25) is 4.57 Å². The van der Waals surface area contributed by atoms with Crippen LogP contribution in [-0.4, -0.2) is 29.2 Å². The van der Waals surface area contributed by atoms with Gasteiger partial charge in [0.2, 0.25) is 11.8 Å². The highest BCUT2D eigenvalue weighted by atomic mass is 32.2. The van der Waals surface area contributed by atoms with Crippen molar-refractivity contribution in [1.82, 2.24) is 4.57 Å². The predicted molar refractivity (Wildman–Crippen MR) is 120 cm³/mol. The van der Waals surface area contributed by atoms with Gasteiger partial charge in [0.05, 0.1) is 5.69 Å². The van der Waals surface area contributed by atoms with Gasteiger partial charge in [-0.1, -0.05) is 18.2 Å². The van der Waals surface area contributed by atoms with E-state index < -0.39 is 16.0 Å². The third-order valence-electron chi connectivity index (χ3n) is 4.57. The lowest BCUT2D eigenvalue weighted by molar-refractivity contribution is 0.406. The summed E-state index contributed by atoms with van der Waals surface area (Å²) in [7, 11) is -4.06. The quantitative estimate of drug-likeness (QED) is 0.238. The Kier molecular flexibility index (Phi) is 5.21. The van der Waals surface area contributed by atoms with E-state index >= 15 is 0 Å². The highest BCUT2D eigenvalue weighted by molar-refractivity contribution is 7.92. The second kappa shape index (κ2) is 7.85. The summed E-state index contributed by atoms with van der Waals surface area (Å²) in [6.45, 7) is 1.73. The standard InChI is InChI=1S/C20H16N4O5S2/c1-12-11-13(21-20(22-27)23-31(28,29)17-7-4-10-30-17)8-9-16(12)24-18(25)14-5-2-3-6-15(14)19(24)26/h2-11,25-26H,1H3,(H,21,23). The van der Waals surface area contributed by atoms with Crippen LogP contribution >= 0.6 is 11.3 Å². The zero-order valence-corrected chi connectivity index (χ0v) is 17.7. The van der Waals surface area contributed by atoms with E-state index in [-0.39, 0.29) is 16.0 Å². The molecule has 2 aromatic heterocycles. The maximum absolute atomic E-state index is 12.2. The lowest BCUT2D eigenvalue weighted by Crippen LogP contribution is -2.12. The zero-order chi connectivity index (χ0) is 22.2. The highest BCUT2D eigenvalue weighted by Crippen LogP contribution is 2.39. The van der Waals surface area contributed by atoms with Gasteiger partial charge in [-0.2, -0.15) is 8.42 Å². The van der Waals surface area contributed by atoms with E-state index in [1.54, 1.807) is 60.8 Å². The molecule has 3 N–H and O–H groups in total. The smallest absolute Gasteiger partial charge is 0.295 e. The minimum absolute atomic E-state index is 0.00685. The van der Waals surface area contributed by atoms with Crippen molar-refractivity contribution >= 4 is 43.8 Å². The van der Waals surface area contributed by atoms with Gasteiger partial charge in [-0.05, 0) is 54.3 Å². The first kappa shape index (κ1) is 20.6. The highest BCUT2D eigenvalue weighted by Gasteiger charge is 2.19. The van der Waals surface area contributed by atoms with Crippen molar-refractivity contribution in [2.45, 2.75) is 11.1 Å². The second-order valence-corrected chi connectivity index (χ2v) is 9.35. The average Bonchev–Trinajstić information content (AvgIpc) is 3.37. The first-order valence-electron chi connectivity index (χ1n) is 8.93. The first-order valence-corrected chi connectivity index (χ1v) is 11.2. The molecule has 31 heavy (non-hydrogen) atoms. The van der Waals surface area contributed by atoms with Crippen molar-refractivity contribution in [3.05, 3.63) is 70.4 Å². The summed E-state index contributed by atoms with van der Waals surface area (Å²) in [5.74, 6) is -0.843. The number of guanidine groups is 1. The van der Waals surface area contributed by atoms with Gasteiger partial charge in [0, 0.05) is 21.6 Å². The summed E-state index contributed by atoms with van der Waals surface area (Å²) in [6, 6.07) is 14.6. The Labute approximate surface area is 181 Å². The number of anilines is 1. The SMILES string of the molecule is Cc1cc(N/C(N=O)=N\S(=O)(=O)c2cccs2)ccc1-n1c(O)c2ccccc2c1O. The zero-order valence-electron chi connectivity index (χ0n) is 16.1. The summed E-state index contributed by atoms with van der Waals surface area (Å²) in [6.07, 6.45) is 0. The number of hydrogen-bond donors (Lipinski definition) is 3. The maximum atomic E-state index is 12.2. The Morgan fingerprint density at radius 1 is 1.03 bits per heavy atom. The van der Waals surface area contributed by atoms with Gasteiger partial charge >= 0.3 is 0 Å². The molecule has 158 valence electrons. The van der Waals surface area contributed by atoms with Gasteiger partial charge < -0.3 is 15.5 Å². The Hall–Kier alpha value is -3.70. The molecule has 0 atom stereocenters. The lowest BCUT2D eigenvalue weighted by atomic mass is 10.1. The van der Waals surface area contributed by atoms with Gasteiger partial charge in [0.1, 0.15) is 4.21 Å². The van der Waals surface area contributed by atoms with Crippen molar-refractivity contribution in [3.63, 3.8) is 0 Å². The van der Waals surface area contributed by atoms with Crippen LogP contribution in [0.25, 0.3) is 16.5 Å². The minimum Gasteiger partial charge on any atom is -0.494 e. The predicted octanol–water partition coefficient (Wildman–Crippen LogP) is 4.33. The molecule has 0 unspecified atom stereocenters. The average molecular weight is 457 g/mol. The molecular formula is C20H16N4O5S2.